The minimum Gasteiger partial charge on any atom is -0.550 e. The number of nitrogens with zero attached hydrogens (tertiary/aromatic N) is 1. The predicted molar refractivity (Wildman–Crippen MR) is 76.8 cm³/mol. The second-order valence-corrected chi connectivity index (χ2v) is 5.41. The monoisotopic (exact) mass is 324 g/mol. The largest absolute Gasteiger partial charge is 0.550 e. The van der Waals surface area contributed by atoms with Gasteiger partial charge in [-0.25, -0.2) is 10.2 Å². The minimum absolute atomic E-state index is 0.303. The van der Waals surface area contributed by atoms with E-state index in [0.29, 0.717) is 36.5 Å². The summed E-state index contributed by atoms with van der Waals surface area (Å²) < 4.78 is 0. The van der Waals surface area contributed by atoms with E-state index < -0.39 is 23.8 Å². The lowest BCUT2D eigenvalue weighted by atomic mass is 9.97. The van der Waals surface area contributed by atoms with Gasteiger partial charge in [-0.2, -0.15) is 0 Å². The lowest BCUT2D eigenvalue weighted by Gasteiger charge is -2.32. The molecule has 8 heteroatoms. The van der Waals surface area contributed by atoms with Gasteiger partial charge in [-0.05, 0) is 31.0 Å². The Labute approximate surface area is 132 Å². The highest BCUT2D eigenvalue weighted by Gasteiger charge is 2.23. The molecule has 2 N–H and O–H groups in total. The van der Waals surface area contributed by atoms with Gasteiger partial charge in [0.15, 0.2) is 0 Å². The zero-order valence-electron chi connectivity index (χ0n) is 11.7. The van der Waals surface area contributed by atoms with Crippen LogP contribution in [0.5, 0.6) is 0 Å². The molecule has 0 atom stereocenters. The highest BCUT2D eigenvalue weighted by molar-refractivity contribution is 6.30. The normalized spacial score (nSPS) is 15.2. The van der Waals surface area contributed by atoms with Crippen molar-refractivity contribution in [1.29, 1.82) is 0 Å². The number of amides is 3. The van der Waals surface area contributed by atoms with Crippen LogP contribution in [0.25, 0.3) is 0 Å². The molecular weight excluding hydrogens is 310 g/mol. The van der Waals surface area contributed by atoms with Crippen LogP contribution >= 0.6 is 11.6 Å². The summed E-state index contributed by atoms with van der Waals surface area (Å²) in [5.74, 6) is -2.10. The molecule has 0 spiro atoms. The average molecular weight is 325 g/mol. The van der Waals surface area contributed by atoms with Crippen molar-refractivity contribution in [3.8, 4) is 0 Å². The first-order chi connectivity index (χ1) is 10.5. The number of carboxylic acid groups (broad SMARTS) is 1. The van der Waals surface area contributed by atoms with Crippen molar-refractivity contribution < 1.29 is 19.5 Å². The van der Waals surface area contributed by atoms with E-state index in [1.54, 1.807) is 18.2 Å². The summed E-state index contributed by atoms with van der Waals surface area (Å²) in [6, 6.07) is 5.84. The van der Waals surface area contributed by atoms with Crippen LogP contribution in [0.1, 0.15) is 23.2 Å². The molecule has 1 aromatic rings. The Kier molecular flexibility index (Phi) is 5.21. The lowest BCUT2D eigenvalue weighted by molar-refractivity contribution is -0.312. The van der Waals surface area contributed by atoms with Crippen LogP contribution in [-0.4, -0.2) is 35.9 Å². The van der Waals surface area contributed by atoms with Crippen LogP contribution in [0.3, 0.4) is 0 Å². The number of halogens is 1. The molecule has 0 bridgehead atoms. The van der Waals surface area contributed by atoms with Crippen molar-refractivity contribution in [3.63, 3.8) is 0 Å². The van der Waals surface area contributed by atoms with Gasteiger partial charge in [0.1, 0.15) is 0 Å². The molecule has 0 aliphatic carbocycles. The molecule has 3 amide bonds. The molecule has 1 saturated heterocycles. The van der Waals surface area contributed by atoms with Crippen molar-refractivity contribution in [1.82, 2.24) is 15.8 Å². The van der Waals surface area contributed by atoms with Crippen molar-refractivity contribution in [2.24, 2.45) is 5.92 Å². The number of nitrogens with one attached hydrogen (secondary N) is 2. The van der Waals surface area contributed by atoms with Gasteiger partial charge >= 0.3 is 6.03 Å². The third-order valence-corrected chi connectivity index (χ3v) is 3.72. The zero-order valence-corrected chi connectivity index (χ0v) is 12.4. The Morgan fingerprint density at radius 1 is 1.18 bits per heavy atom. The van der Waals surface area contributed by atoms with E-state index in [9.17, 15) is 19.5 Å². The van der Waals surface area contributed by atoms with E-state index in [2.05, 4.69) is 10.9 Å². The number of piperidine rings is 1. The Morgan fingerprint density at radius 3 is 2.45 bits per heavy atom. The summed E-state index contributed by atoms with van der Waals surface area (Å²) in [6.45, 7) is 0.606. The highest BCUT2D eigenvalue weighted by Crippen LogP contribution is 2.16. The van der Waals surface area contributed by atoms with Crippen LogP contribution < -0.4 is 16.0 Å². The molecule has 1 aromatic carbocycles. The Hall–Kier alpha value is -2.28. The summed E-state index contributed by atoms with van der Waals surface area (Å²) >= 11 is 5.78. The second kappa shape index (κ2) is 7.13. The molecule has 0 aromatic heterocycles. The SMILES string of the molecule is O=C(NNC(=O)N1CCC(C(=O)[O-])CC1)c1cccc(Cl)c1. The van der Waals surface area contributed by atoms with Gasteiger partial charge < -0.3 is 14.8 Å². The summed E-state index contributed by atoms with van der Waals surface area (Å²) in [6.07, 6.45) is 0.690. The number of likely N-dealkylation sites (tertiary alicyclic amines) is 1. The first-order valence-corrected chi connectivity index (χ1v) is 7.17. The lowest BCUT2D eigenvalue weighted by Crippen LogP contribution is -2.52. The van der Waals surface area contributed by atoms with E-state index in [1.165, 1.54) is 11.0 Å². The Bertz CT molecular complexity index is 585. The van der Waals surface area contributed by atoms with E-state index in [0.717, 1.165) is 0 Å². The maximum Gasteiger partial charge on any atom is 0.336 e. The molecule has 1 heterocycles. The first kappa shape index (κ1) is 16.1. The van der Waals surface area contributed by atoms with E-state index in [-0.39, 0.29) is 0 Å². The zero-order chi connectivity index (χ0) is 16.1. The topological polar surface area (TPSA) is 102 Å². The van der Waals surface area contributed by atoms with E-state index in [4.69, 9.17) is 11.6 Å². The molecule has 118 valence electrons. The molecule has 7 nitrogen and oxygen atoms in total. The summed E-state index contributed by atoms with van der Waals surface area (Å²) in [5.41, 5.74) is 4.91. The standard InChI is InChI=1S/C14H16ClN3O4/c15-11-3-1-2-10(8-11)12(19)16-17-14(22)18-6-4-9(5-7-18)13(20)21/h1-3,8-9H,4-7H2,(H,16,19)(H,17,22)(H,20,21)/p-1. The van der Waals surface area contributed by atoms with Gasteiger partial charge in [0.05, 0.1) is 0 Å². The number of aliphatic carboxylic acids is 1. The third-order valence-electron chi connectivity index (χ3n) is 3.49. The number of carbonyl (C=O) groups excluding carboxylic acids is 3. The van der Waals surface area contributed by atoms with E-state index >= 15 is 0 Å². The van der Waals surface area contributed by atoms with Crippen molar-refractivity contribution in [2.45, 2.75) is 12.8 Å². The van der Waals surface area contributed by atoms with Crippen molar-refractivity contribution in [2.75, 3.05) is 13.1 Å². The number of hydrazine groups is 1. The average Bonchev–Trinajstić information content (AvgIpc) is 2.52. The van der Waals surface area contributed by atoms with Crippen LogP contribution in [0.15, 0.2) is 24.3 Å². The Balaban J connectivity index is 1.81. The number of urea groups is 1. The predicted octanol–water partition coefficient (Wildman–Crippen LogP) is 0.156. The molecular formula is C14H15ClN3O4-. The maximum absolute atomic E-state index is 11.9. The molecule has 1 aliphatic rings. The number of carboxylic acids is 1. The number of carbonyl (C=O) groups is 3. The number of hydrogen-bond donors (Lipinski definition) is 2. The van der Waals surface area contributed by atoms with Crippen molar-refractivity contribution >= 4 is 29.5 Å². The fraction of sp³-hybridized carbons (Fsp3) is 0.357. The van der Waals surface area contributed by atoms with E-state index in [1.807, 2.05) is 0 Å². The van der Waals surface area contributed by atoms with Gasteiger partial charge in [-0.3, -0.25) is 10.2 Å². The number of rotatable bonds is 2. The van der Waals surface area contributed by atoms with Gasteiger partial charge in [0, 0.05) is 35.6 Å². The fourth-order valence-electron chi connectivity index (χ4n) is 2.21. The number of benzene rings is 1. The molecule has 0 radical (unpaired) electrons. The molecule has 1 fully saturated rings. The quantitative estimate of drug-likeness (QED) is 0.756. The van der Waals surface area contributed by atoms with Crippen LogP contribution in [0, 0.1) is 5.92 Å². The maximum atomic E-state index is 11.9. The Morgan fingerprint density at radius 2 is 1.86 bits per heavy atom. The summed E-state index contributed by atoms with van der Waals surface area (Å²) in [4.78, 5) is 35.9. The van der Waals surface area contributed by atoms with Gasteiger partial charge in [-0.15, -0.1) is 0 Å². The van der Waals surface area contributed by atoms with Gasteiger partial charge in [0.2, 0.25) is 0 Å². The smallest absolute Gasteiger partial charge is 0.336 e. The van der Waals surface area contributed by atoms with Gasteiger partial charge in [-0.1, -0.05) is 17.7 Å². The number of hydrogen-bond acceptors (Lipinski definition) is 4. The fourth-order valence-corrected chi connectivity index (χ4v) is 2.40. The molecule has 22 heavy (non-hydrogen) atoms. The summed E-state index contributed by atoms with van der Waals surface area (Å²) in [5, 5.41) is 11.2. The van der Waals surface area contributed by atoms with Crippen LogP contribution in [0.2, 0.25) is 5.02 Å². The summed E-state index contributed by atoms with van der Waals surface area (Å²) in [7, 11) is 0. The molecule has 1 aliphatic heterocycles. The second-order valence-electron chi connectivity index (χ2n) is 4.97. The third kappa shape index (κ3) is 4.11. The van der Waals surface area contributed by atoms with Gasteiger partial charge in [0.25, 0.3) is 5.91 Å². The molecule has 2 rings (SSSR count). The molecule has 0 unspecified atom stereocenters. The minimum atomic E-state index is -1.09. The molecule has 0 saturated carbocycles. The highest BCUT2D eigenvalue weighted by atomic mass is 35.5. The first-order valence-electron chi connectivity index (χ1n) is 6.79. The van der Waals surface area contributed by atoms with Crippen molar-refractivity contribution in [3.05, 3.63) is 34.9 Å². The van der Waals surface area contributed by atoms with Crippen LogP contribution in [0.4, 0.5) is 4.79 Å². The van der Waals surface area contributed by atoms with Crippen LogP contribution in [-0.2, 0) is 4.79 Å².